The van der Waals surface area contributed by atoms with Gasteiger partial charge in [0.05, 0.1) is 5.92 Å². The van der Waals surface area contributed by atoms with Gasteiger partial charge in [-0.2, -0.15) is 13.2 Å². The van der Waals surface area contributed by atoms with E-state index in [1.165, 1.54) is 0 Å². The quantitative estimate of drug-likeness (QED) is 0.873. The second-order valence-corrected chi connectivity index (χ2v) is 7.53. The van der Waals surface area contributed by atoms with Crippen LogP contribution in [-0.2, 0) is 16.0 Å². The first-order valence-corrected chi connectivity index (χ1v) is 8.20. The van der Waals surface area contributed by atoms with Crippen molar-refractivity contribution < 1.29 is 32.6 Å². The van der Waals surface area contributed by atoms with E-state index in [4.69, 9.17) is 4.74 Å². The molecule has 1 aromatic carbocycles. The summed E-state index contributed by atoms with van der Waals surface area (Å²) < 4.78 is 45.1. The molecule has 1 amide bonds. The summed E-state index contributed by atoms with van der Waals surface area (Å²) in [5.74, 6) is -3.39. The zero-order valence-electron chi connectivity index (χ0n) is 14.8. The number of benzene rings is 1. The minimum Gasteiger partial charge on any atom is -0.479 e. The first-order chi connectivity index (χ1) is 11.8. The molecule has 1 fully saturated rings. The van der Waals surface area contributed by atoms with Gasteiger partial charge in [-0.05, 0) is 32.8 Å². The lowest BCUT2D eigenvalue weighted by Gasteiger charge is -2.35. The summed E-state index contributed by atoms with van der Waals surface area (Å²) in [5, 5.41) is 9.81. The third-order valence-electron chi connectivity index (χ3n) is 4.32. The van der Waals surface area contributed by atoms with E-state index in [0.29, 0.717) is 5.56 Å². The van der Waals surface area contributed by atoms with Gasteiger partial charge in [0.25, 0.3) is 0 Å². The molecule has 8 heteroatoms. The van der Waals surface area contributed by atoms with Gasteiger partial charge in [-0.25, -0.2) is 9.59 Å². The lowest BCUT2D eigenvalue weighted by molar-refractivity contribution is -0.171. The van der Waals surface area contributed by atoms with Crippen molar-refractivity contribution in [1.29, 1.82) is 0 Å². The van der Waals surface area contributed by atoms with Crippen molar-refractivity contribution in [3.63, 3.8) is 0 Å². The molecule has 1 aromatic rings. The van der Waals surface area contributed by atoms with E-state index in [2.05, 4.69) is 0 Å². The fourth-order valence-corrected chi connectivity index (χ4v) is 3.14. The average Bonchev–Trinajstić information content (AvgIpc) is 2.87. The number of ether oxygens (including phenoxy) is 1. The molecular weight excluding hydrogens is 351 g/mol. The number of aliphatic carboxylic acids is 1. The van der Waals surface area contributed by atoms with Crippen molar-refractivity contribution in [3.8, 4) is 0 Å². The van der Waals surface area contributed by atoms with E-state index in [1.807, 2.05) is 0 Å². The number of amides is 1. The van der Waals surface area contributed by atoms with Crippen molar-refractivity contribution in [1.82, 2.24) is 4.90 Å². The Balaban J connectivity index is 2.45. The van der Waals surface area contributed by atoms with Crippen LogP contribution in [0.4, 0.5) is 18.0 Å². The Kier molecular flexibility index (Phi) is 5.26. The standard InChI is InChI=1S/C18H22F3NO4/c1-16(2,3)26-15(25)22-11-13(18(19,20)21)10-17(22,14(23)24)9-12-7-5-4-6-8-12/h4-8,13H,9-11H2,1-3H3,(H,23,24)/t13-,17-/m1/s1. The smallest absolute Gasteiger partial charge is 0.411 e. The van der Waals surface area contributed by atoms with Crippen LogP contribution in [0.25, 0.3) is 0 Å². The van der Waals surface area contributed by atoms with Crippen molar-refractivity contribution in [2.75, 3.05) is 6.54 Å². The molecule has 0 saturated carbocycles. The topological polar surface area (TPSA) is 66.8 Å². The maximum absolute atomic E-state index is 13.3. The van der Waals surface area contributed by atoms with Crippen LogP contribution < -0.4 is 0 Å². The third kappa shape index (κ3) is 4.28. The summed E-state index contributed by atoms with van der Waals surface area (Å²) in [6.07, 6.45) is -6.59. The van der Waals surface area contributed by atoms with Gasteiger partial charge in [-0.15, -0.1) is 0 Å². The zero-order valence-corrected chi connectivity index (χ0v) is 14.8. The summed E-state index contributed by atoms with van der Waals surface area (Å²) in [6, 6.07) is 8.30. The number of carbonyl (C=O) groups is 2. The number of carbonyl (C=O) groups excluding carboxylic acids is 1. The van der Waals surface area contributed by atoms with Crippen molar-refractivity contribution in [3.05, 3.63) is 35.9 Å². The lowest BCUT2D eigenvalue weighted by atomic mass is 9.85. The predicted molar refractivity (Wildman–Crippen MR) is 87.6 cm³/mol. The molecule has 1 saturated heterocycles. The molecule has 0 spiro atoms. The van der Waals surface area contributed by atoms with Crippen LogP contribution in [0.3, 0.4) is 0 Å². The van der Waals surface area contributed by atoms with Crippen molar-refractivity contribution in [2.45, 2.75) is 50.9 Å². The third-order valence-corrected chi connectivity index (χ3v) is 4.32. The average molecular weight is 373 g/mol. The fraction of sp³-hybridized carbons (Fsp3) is 0.556. The van der Waals surface area contributed by atoms with Gasteiger partial charge in [0.1, 0.15) is 11.1 Å². The largest absolute Gasteiger partial charge is 0.479 e. The Labute approximate surface area is 149 Å². The van der Waals surface area contributed by atoms with Gasteiger partial charge in [-0.1, -0.05) is 30.3 Å². The molecule has 2 atom stereocenters. The molecule has 0 aromatic heterocycles. The first-order valence-electron chi connectivity index (χ1n) is 8.20. The second-order valence-electron chi connectivity index (χ2n) is 7.53. The molecule has 1 aliphatic rings. The Morgan fingerprint density at radius 3 is 2.27 bits per heavy atom. The summed E-state index contributed by atoms with van der Waals surface area (Å²) in [5.41, 5.74) is -2.43. The zero-order chi connectivity index (χ0) is 19.8. The summed E-state index contributed by atoms with van der Waals surface area (Å²) >= 11 is 0. The number of carboxylic acids is 1. The van der Waals surface area contributed by atoms with Crippen molar-refractivity contribution in [2.24, 2.45) is 5.92 Å². The predicted octanol–water partition coefficient (Wildman–Crippen LogP) is 3.87. The Morgan fingerprint density at radius 2 is 1.81 bits per heavy atom. The van der Waals surface area contributed by atoms with Gasteiger partial charge < -0.3 is 9.84 Å². The van der Waals surface area contributed by atoms with E-state index in [-0.39, 0.29) is 6.42 Å². The molecule has 0 bridgehead atoms. The number of hydrogen-bond donors (Lipinski definition) is 1. The number of alkyl halides is 3. The maximum Gasteiger partial charge on any atom is 0.411 e. The van der Waals surface area contributed by atoms with Gasteiger partial charge in [0.15, 0.2) is 0 Å². The van der Waals surface area contributed by atoms with Crippen molar-refractivity contribution >= 4 is 12.1 Å². The molecule has 0 aliphatic carbocycles. The van der Waals surface area contributed by atoms with Gasteiger partial charge in [0.2, 0.25) is 0 Å². The molecule has 0 unspecified atom stereocenters. The molecule has 26 heavy (non-hydrogen) atoms. The fourth-order valence-electron chi connectivity index (χ4n) is 3.14. The summed E-state index contributed by atoms with van der Waals surface area (Å²) in [6.45, 7) is 3.98. The minimum absolute atomic E-state index is 0.227. The van der Waals surface area contributed by atoms with Crippen LogP contribution in [0.15, 0.2) is 30.3 Å². The molecule has 1 N–H and O–H groups in total. The van der Waals surface area contributed by atoms with Crippen LogP contribution in [-0.4, -0.2) is 45.9 Å². The Hall–Kier alpha value is -2.25. The normalized spacial score (nSPS) is 23.8. The first kappa shape index (κ1) is 20.1. The van der Waals surface area contributed by atoms with Crippen LogP contribution in [0.5, 0.6) is 0 Å². The number of rotatable bonds is 3. The lowest BCUT2D eigenvalue weighted by Crippen LogP contribution is -2.55. The highest BCUT2D eigenvalue weighted by Gasteiger charge is 2.60. The molecule has 144 valence electrons. The highest BCUT2D eigenvalue weighted by Crippen LogP contribution is 2.44. The van der Waals surface area contributed by atoms with E-state index in [1.54, 1.807) is 51.1 Å². The highest BCUT2D eigenvalue weighted by atomic mass is 19.4. The molecular formula is C18H22F3NO4. The summed E-state index contributed by atoms with van der Waals surface area (Å²) in [4.78, 5) is 25.3. The van der Waals surface area contributed by atoms with E-state index >= 15 is 0 Å². The van der Waals surface area contributed by atoms with E-state index in [0.717, 1.165) is 4.90 Å². The molecule has 1 heterocycles. The van der Waals surface area contributed by atoms with Gasteiger partial charge in [0, 0.05) is 13.0 Å². The molecule has 0 radical (unpaired) electrons. The number of carboxylic acid groups (broad SMARTS) is 1. The maximum atomic E-state index is 13.3. The van der Waals surface area contributed by atoms with E-state index < -0.39 is 48.3 Å². The van der Waals surface area contributed by atoms with Crippen LogP contribution in [0.1, 0.15) is 32.8 Å². The molecule has 2 rings (SSSR count). The van der Waals surface area contributed by atoms with Crippen LogP contribution in [0, 0.1) is 5.92 Å². The van der Waals surface area contributed by atoms with Gasteiger partial charge in [-0.3, -0.25) is 4.90 Å². The number of halogens is 3. The molecule has 5 nitrogen and oxygen atoms in total. The van der Waals surface area contributed by atoms with E-state index in [9.17, 15) is 27.9 Å². The Bertz CT molecular complexity index is 669. The second kappa shape index (κ2) is 6.81. The highest BCUT2D eigenvalue weighted by molar-refractivity contribution is 5.86. The van der Waals surface area contributed by atoms with Crippen LogP contribution >= 0.6 is 0 Å². The number of likely N-dealkylation sites (tertiary alicyclic amines) is 1. The van der Waals surface area contributed by atoms with Crippen LogP contribution in [0.2, 0.25) is 0 Å². The molecule has 1 aliphatic heterocycles. The SMILES string of the molecule is CC(C)(C)OC(=O)N1C[C@H](C(F)(F)F)C[C@]1(Cc1ccccc1)C(=O)O. The minimum atomic E-state index is -4.60. The number of hydrogen-bond acceptors (Lipinski definition) is 3. The Morgan fingerprint density at radius 1 is 1.23 bits per heavy atom. The monoisotopic (exact) mass is 373 g/mol. The summed E-state index contributed by atoms with van der Waals surface area (Å²) in [7, 11) is 0. The number of nitrogens with zero attached hydrogens (tertiary/aromatic N) is 1. The van der Waals surface area contributed by atoms with Gasteiger partial charge >= 0.3 is 18.2 Å².